The summed E-state index contributed by atoms with van der Waals surface area (Å²) in [6, 6.07) is 0.304. The van der Waals surface area contributed by atoms with Crippen LogP contribution in [0.3, 0.4) is 0 Å². The van der Waals surface area contributed by atoms with E-state index >= 15 is 0 Å². The van der Waals surface area contributed by atoms with Crippen LogP contribution in [-0.2, 0) is 20.0 Å². The molecule has 1 aromatic heterocycles. The zero-order valence-electron chi connectivity index (χ0n) is 12.2. The zero-order valence-corrected chi connectivity index (χ0v) is 13.8. The van der Waals surface area contributed by atoms with E-state index in [0.717, 1.165) is 19.3 Å². The summed E-state index contributed by atoms with van der Waals surface area (Å²) in [5.74, 6) is 0.147. The minimum absolute atomic E-state index is 0.0656. The van der Waals surface area contributed by atoms with E-state index in [1.807, 2.05) is 0 Å². The van der Waals surface area contributed by atoms with Gasteiger partial charge in [-0.15, -0.1) is 0 Å². The van der Waals surface area contributed by atoms with Gasteiger partial charge in [0.25, 0.3) is 0 Å². The molecule has 1 saturated heterocycles. The van der Waals surface area contributed by atoms with Gasteiger partial charge >= 0.3 is 0 Å². The quantitative estimate of drug-likeness (QED) is 0.775. The van der Waals surface area contributed by atoms with Crippen LogP contribution >= 0.6 is 0 Å². The van der Waals surface area contributed by atoms with E-state index in [0.29, 0.717) is 19.0 Å². The van der Waals surface area contributed by atoms with Crippen LogP contribution in [0.15, 0.2) is 17.3 Å². The summed E-state index contributed by atoms with van der Waals surface area (Å²) in [5, 5.41) is 4.10. The first-order valence-electron chi connectivity index (χ1n) is 7.40. The van der Waals surface area contributed by atoms with Crippen molar-refractivity contribution >= 4 is 20.0 Å². The molecule has 0 spiro atoms. The minimum atomic E-state index is -3.64. The van der Waals surface area contributed by atoms with Crippen LogP contribution in [0.2, 0.25) is 0 Å². The second-order valence-electron chi connectivity index (χ2n) is 5.71. The Kier molecular flexibility index (Phi) is 4.27. The highest BCUT2D eigenvalue weighted by molar-refractivity contribution is 7.89. The van der Waals surface area contributed by atoms with Gasteiger partial charge in [-0.2, -0.15) is 5.10 Å². The number of nitrogens with zero attached hydrogens (tertiary/aromatic N) is 3. The van der Waals surface area contributed by atoms with E-state index in [-0.39, 0.29) is 23.7 Å². The molecule has 2 fully saturated rings. The smallest absolute Gasteiger partial charge is 0.243 e. The number of rotatable bonds is 6. The molecular formula is C12H20N4O4S2. The third-order valence-corrected chi connectivity index (χ3v) is 7.57. The molecular weight excluding hydrogens is 328 g/mol. The van der Waals surface area contributed by atoms with Crippen molar-refractivity contribution in [1.82, 2.24) is 18.8 Å². The lowest BCUT2D eigenvalue weighted by Crippen LogP contribution is -2.35. The van der Waals surface area contributed by atoms with E-state index in [9.17, 15) is 16.8 Å². The molecule has 1 aliphatic heterocycles. The van der Waals surface area contributed by atoms with Gasteiger partial charge in [0.05, 0.1) is 18.0 Å². The molecule has 124 valence electrons. The molecule has 8 nitrogen and oxygen atoms in total. The van der Waals surface area contributed by atoms with Crippen molar-refractivity contribution in [2.75, 3.05) is 25.4 Å². The molecule has 0 unspecified atom stereocenters. The zero-order chi connectivity index (χ0) is 15.8. The number of aromatic nitrogens is 2. The van der Waals surface area contributed by atoms with Gasteiger partial charge in [-0.3, -0.25) is 4.68 Å². The Morgan fingerprint density at radius 3 is 2.68 bits per heavy atom. The first-order valence-corrected chi connectivity index (χ1v) is 10.5. The maximum absolute atomic E-state index is 12.2. The summed E-state index contributed by atoms with van der Waals surface area (Å²) in [5.41, 5.74) is 0. The first-order chi connectivity index (χ1) is 10.4. The van der Waals surface area contributed by atoms with Gasteiger partial charge in [0.15, 0.2) is 0 Å². The van der Waals surface area contributed by atoms with Gasteiger partial charge in [0.1, 0.15) is 4.90 Å². The predicted octanol–water partition coefficient (Wildman–Crippen LogP) is -0.0781. The largest absolute Gasteiger partial charge is 0.268 e. The van der Waals surface area contributed by atoms with E-state index in [4.69, 9.17) is 0 Å². The molecule has 1 aliphatic carbocycles. The second-order valence-corrected chi connectivity index (χ2v) is 9.56. The standard InChI is InChI=1S/C12H20N4O4S2/c17-21(18)8-2-6-15(21)7-5-14-22(19,20)12-9-13-16(10-12)11-3-1-4-11/h9-11,14H,1-8H2. The molecule has 0 radical (unpaired) electrons. The Bertz CT molecular complexity index is 737. The molecule has 0 bridgehead atoms. The number of hydrogen-bond acceptors (Lipinski definition) is 5. The fraction of sp³-hybridized carbons (Fsp3) is 0.750. The molecule has 1 N–H and O–H groups in total. The molecule has 10 heteroatoms. The topological polar surface area (TPSA) is 101 Å². The average molecular weight is 348 g/mol. The number of hydrogen-bond donors (Lipinski definition) is 1. The van der Waals surface area contributed by atoms with E-state index in [1.165, 1.54) is 10.5 Å². The van der Waals surface area contributed by atoms with Gasteiger partial charge in [-0.1, -0.05) is 0 Å². The first kappa shape index (κ1) is 15.9. The maximum atomic E-state index is 12.2. The highest BCUT2D eigenvalue weighted by Crippen LogP contribution is 2.31. The molecule has 22 heavy (non-hydrogen) atoms. The lowest BCUT2D eigenvalue weighted by atomic mass is 9.93. The summed E-state index contributed by atoms with van der Waals surface area (Å²) in [6.45, 7) is 0.693. The van der Waals surface area contributed by atoms with Crippen LogP contribution in [0.25, 0.3) is 0 Å². The minimum Gasteiger partial charge on any atom is -0.268 e. The monoisotopic (exact) mass is 348 g/mol. The van der Waals surface area contributed by atoms with Crippen molar-refractivity contribution in [1.29, 1.82) is 0 Å². The molecule has 1 saturated carbocycles. The molecule has 2 aliphatic rings. The van der Waals surface area contributed by atoms with Crippen molar-refractivity contribution in [3.05, 3.63) is 12.4 Å². The Labute approximate surface area is 130 Å². The number of nitrogens with one attached hydrogen (secondary N) is 1. The molecule has 2 heterocycles. The second kappa shape index (κ2) is 5.91. The van der Waals surface area contributed by atoms with Crippen LogP contribution in [0.4, 0.5) is 0 Å². The van der Waals surface area contributed by atoms with Crippen LogP contribution < -0.4 is 4.72 Å². The highest BCUT2D eigenvalue weighted by atomic mass is 32.2. The summed E-state index contributed by atoms with van der Waals surface area (Å²) >= 11 is 0. The maximum Gasteiger partial charge on any atom is 0.243 e. The summed E-state index contributed by atoms with van der Waals surface area (Å²) in [7, 11) is -6.83. The molecule has 0 atom stereocenters. The van der Waals surface area contributed by atoms with E-state index < -0.39 is 20.0 Å². The number of sulfonamides is 2. The van der Waals surface area contributed by atoms with Gasteiger partial charge in [-0.05, 0) is 25.7 Å². The molecule has 0 amide bonds. The van der Waals surface area contributed by atoms with Crippen molar-refractivity contribution < 1.29 is 16.8 Å². The fourth-order valence-corrected chi connectivity index (χ4v) is 5.13. The van der Waals surface area contributed by atoms with Gasteiger partial charge in [-0.25, -0.2) is 25.9 Å². The lowest BCUT2D eigenvalue weighted by Gasteiger charge is -2.25. The van der Waals surface area contributed by atoms with Gasteiger partial charge < -0.3 is 0 Å². The average Bonchev–Trinajstić information content (AvgIpc) is 2.95. The van der Waals surface area contributed by atoms with Crippen molar-refractivity contribution in [3.63, 3.8) is 0 Å². The lowest BCUT2D eigenvalue weighted by molar-refractivity contribution is 0.289. The third-order valence-electron chi connectivity index (χ3n) is 4.19. The highest BCUT2D eigenvalue weighted by Gasteiger charge is 2.28. The molecule has 1 aromatic rings. The fourth-order valence-electron chi connectivity index (χ4n) is 2.64. The third kappa shape index (κ3) is 3.19. The summed E-state index contributed by atoms with van der Waals surface area (Å²) in [4.78, 5) is 0.128. The van der Waals surface area contributed by atoms with Gasteiger partial charge in [0, 0.05) is 25.8 Å². The Balaban J connectivity index is 1.58. The van der Waals surface area contributed by atoms with Crippen molar-refractivity contribution in [2.45, 2.75) is 36.6 Å². The van der Waals surface area contributed by atoms with E-state index in [2.05, 4.69) is 9.82 Å². The molecule has 0 aromatic carbocycles. The summed E-state index contributed by atoms with van der Waals surface area (Å²) in [6.07, 6.45) is 6.69. The predicted molar refractivity (Wildman–Crippen MR) is 80.3 cm³/mol. The van der Waals surface area contributed by atoms with Gasteiger partial charge in [0.2, 0.25) is 20.0 Å². The molecule has 3 rings (SSSR count). The summed E-state index contributed by atoms with van der Waals surface area (Å²) < 4.78 is 53.1. The van der Waals surface area contributed by atoms with Crippen molar-refractivity contribution in [2.24, 2.45) is 0 Å². The van der Waals surface area contributed by atoms with Crippen LogP contribution in [0, 0.1) is 0 Å². The normalized spacial score (nSPS) is 22.7. The Hall–Kier alpha value is -0.970. The van der Waals surface area contributed by atoms with E-state index in [1.54, 1.807) is 10.9 Å². The Morgan fingerprint density at radius 1 is 1.32 bits per heavy atom. The van der Waals surface area contributed by atoms with Crippen LogP contribution in [0.5, 0.6) is 0 Å². The Morgan fingerprint density at radius 2 is 2.09 bits per heavy atom. The van der Waals surface area contributed by atoms with Crippen LogP contribution in [0.1, 0.15) is 31.7 Å². The SMILES string of the molecule is O=S(=O)(NCCN1CCCS1(=O)=O)c1cnn(C2CCC2)c1. The van der Waals surface area contributed by atoms with Crippen molar-refractivity contribution in [3.8, 4) is 0 Å². The van der Waals surface area contributed by atoms with Crippen LogP contribution in [-0.4, -0.2) is 56.3 Å².